The van der Waals surface area contributed by atoms with Crippen molar-refractivity contribution in [3.63, 3.8) is 0 Å². The van der Waals surface area contributed by atoms with E-state index in [1.54, 1.807) is 12.3 Å². The first-order chi connectivity index (χ1) is 21.3. The molecule has 5 aromatic rings. The number of aromatic nitrogens is 2. The minimum absolute atomic E-state index is 0.0478. The van der Waals surface area contributed by atoms with Crippen molar-refractivity contribution in [1.29, 1.82) is 0 Å². The Bertz CT molecular complexity index is 1880. The van der Waals surface area contributed by atoms with Gasteiger partial charge in [0.15, 0.2) is 0 Å². The van der Waals surface area contributed by atoms with Crippen molar-refractivity contribution in [3.05, 3.63) is 90.1 Å². The maximum Gasteiger partial charge on any atom is 0.216 e. The summed E-state index contributed by atoms with van der Waals surface area (Å²) in [7, 11) is -0.187. The second kappa shape index (κ2) is 12.6. The van der Waals surface area contributed by atoms with Gasteiger partial charge in [0.1, 0.15) is 23.2 Å². The van der Waals surface area contributed by atoms with E-state index in [1.807, 2.05) is 42.5 Å². The van der Waals surface area contributed by atoms with Gasteiger partial charge in [-0.15, -0.1) is 0 Å². The molecule has 6 rings (SSSR count). The summed E-state index contributed by atoms with van der Waals surface area (Å²) in [4.78, 5) is 11.2. The Morgan fingerprint density at radius 2 is 1.82 bits per heavy atom. The molecule has 3 aromatic carbocycles. The molecule has 226 valence electrons. The molecule has 2 aromatic heterocycles. The van der Waals surface area contributed by atoms with E-state index >= 15 is 0 Å². The summed E-state index contributed by atoms with van der Waals surface area (Å²) in [5.74, 6) is -0.672. The molecule has 0 bridgehead atoms. The fraction of sp³-hybridized carbons (Fsp3) is 0.212. The average molecular weight is 617 g/mol. The van der Waals surface area contributed by atoms with Crippen LogP contribution in [0, 0.1) is 11.6 Å². The Labute approximate surface area is 255 Å². The number of benzene rings is 3. The van der Waals surface area contributed by atoms with Crippen LogP contribution in [0.3, 0.4) is 0 Å². The minimum atomic E-state index is -1.69. The van der Waals surface area contributed by atoms with Gasteiger partial charge in [-0.1, -0.05) is 6.07 Å². The number of phenolic OH excluding ortho intramolecular Hbond substituents is 1. The maximum atomic E-state index is 14.2. The van der Waals surface area contributed by atoms with E-state index in [-0.39, 0.29) is 16.4 Å². The third kappa shape index (κ3) is 6.06. The summed E-state index contributed by atoms with van der Waals surface area (Å²) in [6.45, 7) is 2.81. The van der Waals surface area contributed by atoms with Gasteiger partial charge in [0, 0.05) is 70.5 Å². The van der Waals surface area contributed by atoms with Crippen molar-refractivity contribution in [1.82, 2.24) is 9.97 Å². The molecule has 0 aliphatic carbocycles. The fourth-order valence-corrected chi connectivity index (χ4v) is 6.47. The number of nitrogens with zero attached hydrogens (tertiary/aromatic N) is 3. The molecule has 11 heteroatoms. The molecule has 1 aliphatic rings. The molecule has 0 saturated carbocycles. The van der Waals surface area contributed by atoms with Crippen LogP contribution in [-0.4, -0.2) is 58.4 Å². The highest BCUT2D eigenvalue weighted by Crippen LogP contribution is 2.38. The minimum Gasteiger partial charge on any atom is -0.507 e. The molecule has 8 nitrogen and oxygen atoms in total. The van der Waals surface area contributed by atoms with Gasteiger partial charge >= 0.3 is 0 Å². The highest BCUT2D eigenvalue weighted by Gasteiger charge is 2.17. The largest absolute Gasteiger partial charge is 0.507 e. The molecular weight excluding hydrogens is 586 g/mol. The molecule has 1 saturated heterocycles. The zero-order chi connectivity index (χ0) is 30.8. The van der Waals surface area contributed by atoms with Crippen molar-refractivity contribution in [2.75, 3.05) is 49.8 Å². The lowest BCUT2D eigenvalue weighted by Crippen LogP contribution is -2.36. The number of phenols is 1. The standard InChI is InChI=1S/C33H30F2N4O4S/c1-42-33-21(8-13-44(41)31-7-3-24(34)17-28(31)35)15-23(19-37-33)20-2-6-29-22(14-20)16-27(32(36)38-29)26-5-4-25(18-30(26)40)39-9-11-43-12-10-39/h2-7,14-19,40H,8-13H2,1H3,(H2,36,38). The molecule has 1 fully saturated rings. The SMILES string of the molecule is COc1ncc(-c2ccc3nc(N)c(-c4ccc(N5CCOCC5)cc4O)cc3c2)cc1CCS(=O)c1ccc(F)cc1F. The summed E-state index contributed by atoms with van der Waals surface area (Å²) < 4.78 is 51.1. The lowest BCUT2D eigenvalue weighted by Gasteiger charge is -2.29. The molecule has 1 unspecified atom stereocenters. The number of hydrogen-bond acceptors (Lipinski definition) is 8. The van der Waals surface area contributed by atoms with Gasteiger partial charge in [-0.2, -0.15) is 0 Å². The number of morpholine rings is 1. The van der Waals surface area contributed by atoms with Gasteiger partial charge < -0.3 is 25.2 Å². The van der Waals surface area contributed by atoms with Crippen LogP contribution in [0.25, 0.3) is 33.2 Å². The number of rotatable bonds is 8. The Hall–Kier alpha value is -4.61. The molecule has 1 aliphatic heterocycles. The van der Waals surface area contributed by atoms with Crippen LogP contribution in [0.5, 0.6) is 11.6 Å². The topological polar surface area (TPSA) is 111 Å². The number of methoxy groups -OCH3 is 1. The van der Waals surface area contributed by atoms with Crippen molar-refractivity contribution in [2.45, 2.75) is 11.3 Å². The first kappa shape index (κ1) is 29.5. The lowest BCUT2D eigenvalue weighted by atomic mass is 9.99. The highest BCUT2D eigenvalue weighted by atomic mass is 32.2. The van der Waals surface area contributed by atoms with E-state index in [2.05, 4.69) is 14.9 Å². The van der Waals surface area contributed by atoms with Crippen molar-refractivity contribution < 1.29 is 27.6 Å². The number of nitrogens with two attached hydrogens (primary N) is 1. The number of hydrogen-bond donors (Lipinski definition) is 2. The number of aromatic hydroxyl groups is 1. The van der Waals surface area contributed by atoms with Gasteiger partial charge in [0.25, 0.3) is 0 Å². The highest BCUT2D eigenvalue weighted by molar-refractivity contribution is 7.85. The molecule has 44 heavy (non-hydrogen) atoms. The van der Waals surface area contributed by atoms with E-state index < -0.39 is 22.4 Å². The molecule has 1 atom stereocenters. The Kier molecular flexibility index (Phi) is 8.40. The normalized spacial score (nSPS) is 14.1. The van der Waals surface area contributed by atoms with Crippen LogP contribution < -0.4 is 15.4 Å². The van der Waals surface area contributed by atoms with Gasteiger partial charge in [-0.05, 0) is 60.5 Å². The summed E-state index contributed by atoms with van der Waals surface area (Å²) in [5, 5.41) is 11.8. The summed E-state index contributed by atoms with van der Waals surface area (Å²) in [6.07, 6.45) is 1.98. The van der Waals surface area contributed by atoms with Gasteiger partial charge in [0.2, 0.25) is 5.88 Å². The molecule has 0 radical (unpaired) electrons. The van der Waals surface area contributed by atoms with E-state index in [4.69, 9.17) is 15.2 Å². The first-order valence-corrected chi connectivity index (χ1v) is 15.4. The van der Waals surface area contributed by atoms with Crippen LogP contribution in [0.4, 0.5) is 20.3 Å². The average Bonchev–Trinajstić information content (AvgIpc) is 3.03. The van der Waals surface area contributed by atoms with E-state index in [9.17, 15) is 18.1 Å². The predicted molar refractivity (Wildman–Crippen MR) is 167 cm³/mol. The van der Waals surface area contributed by atoms with Gasteiger partial charge in [-0.25, -0.2) is 18.7 Å². The Morgan fingerprint density at radius 3 is 2.57 bits per heavy atom. The molecule has 0 amide bonds. The second-order valence-corrected chi connectivity index (χ2v) is 11.9. The summed E-state index contributed by atoms with van der Waals surface area (Å²) >= 11 is 0. The van der Waals surface area contributed by atoms with Crippen molar-refractivity contribution in [3.8, 4) is 33.9 Å². The summed E-state index contributed by atoms with van der Waals surface area (Å²) in [5.41, 5.74) is 11.5. The van der Waals surface area contributed by atoms with E-state index in [0.29, 0.717) is 53.5 Å². The fourth-order valence-electron chi connectivity index (χ4n) is 5.34. The predicted octanol–water partition coefficient (Wildman–Crippen LogP) is 5.73. The van der Waals surface area contributed by atoms with Crippen molar-refractivity contribution in [2.24, 2.45) is 0 Å². The number of nitrogen functional groups attached to an aromatic ring is 1. The maximum absolute atomic E-state index is 14.2. The smallest absolute Gasteiger partial charge is 0.216 e. The van der Waals surface area contributed by atoms with Crippen LogP contribution in [-0.2, 0) is 22.0 Å². The zero-order valence-corrected chi connectivity index (χ0v) is 24.7. The third-order valence-corrected chi connectivity index (χ3v) is 9.04. The number of aryl methyl sites for hydroxylation is 1. The number of pyridine rings is 2. The number of halogens is 2. The molecule has 3 heterocycles. The molecule has 3 N–H and O–H groups in total. The van der Waals surface area contributed by atoms with Crippen LogP contribution in [0.2, 0.25) is 0 Å². The lowest BCUT2D eigenvalue weighted by molar-refractivity contribution is 0.122. The van der Waals surface area contributed by atoms with E-state index in [0.717, 1.165) is 47.4 Å². The quantitative estimate of drug-likeness (QED) is 0.228. The van der Waals surface area contributed by atoms with Gasteiger partial charge in [0.05, 0.1) is 41.5 Å². The summed E-state index contributed by atoms with van der Waals surface area (Å²) in [6, 6.07) is 18.1. The second-order valence-electron chi connectivity index (χ2n) is 10.4. The van der Waals surface area contributed by atoms with Crippen LogP contribution >= 0.6 is 0 Å². The molecule has 0 spiro atoms. The monoisotopic (exact) mass is 616 g/mol. The van der Waals surface area contributed by atoms with Crippen molar-refractivity contribution >= 4 is 33.2 Å². The first-order valence-electron chi connectivity index (χ1n) is 14.0. The van der Waals surface area contributed by atoms with Gasteiger partial charge in [-0.3, -0.25) is 4.21 Å². The number of fused-ring (bicyclic) bond motifs is 1. The number of anilines is 2. The molecular formula is C33H30F2N4O4S. The zero-order valence-electron chi connectivity index (χ0n) is 23.9. The van der Waals surface area contributed by atoms with Crippen LogP contribution in [0.1, 0.15) is 5.56 Å². The van der Waals surface area contributed by atoms with Crippen LogP contribution in [0.15, 0.2) is 77.8 Å². The third-order valence-electron chi connectivity index (χ3n) is 7.64. The number of ether oxygens (including phenoxy) is 2. The Morgan fingerprint density at radius 1 is 1.00 bits per heavy atom. The Balaban J connectivity index is 1.28. The van der Waals surface area contributed by atoms with E-state index in [1.165, 1.54) is 13.2 Å².